The van der Waals surface area contributed by atoms with Crippen LogP contribution in [-0.4, -0.2) is 27.7 Å². The summed E-state index contributed by atoms with van der Waals surface area (Å²) in [5.41, 5.74) is 3.42. The molecule has 1 unspecified atom stereocenters. The maximum atomic E-state index is 11.8. The van der Waals surface area contributed by atoms with E-state index in [2.05, 4.69) is 24.0 Å². The van der Waals surface area contributed by atoms with E-state index in [1.807, 2.05) is 37.4 Å². The average molecular weight is 414 g/mol. The third-order valence-electron chi connectivity index (χ3n) is 4.72. The number of thioether (sulfide) groups is 1. The van der Waals surface area contributed by atoms with Gasteiger partial charge in [0.1, 0.15) is 11.5 Å². The Morgan fingerprint density at radius 2 is 1.76 bits per heavy atom. The summed E-state index contributed by atoms with van der Waals surface area (Å²) >= 11 is 1.19. The lowest BCUT2D eigenvalue weighted by atomic mass is 10.1. The first-order valence-corrected chi connectivity index (χ1v) is 11.2. The maximum Gasteiger partial charge on any atom is 0.189 e. The minimum Gasteiger partial charge on any atom is -0.493 e. The second kappa shape index (κ2) is 12.4. The van der Waals surface area contributed by atoms with Crippen LogP contribution in [-0.2, 0) is 28.9 Å². The van der Waals surface area contributed by atoms with Gasteiger partial charge in [0, 0.05) is 24.7 Å². The van der Waals surface area contributed by atoms with E-state index < -0.39 is 0 Å². The molecule has 0 radical (unpaired) electrons. The Kier molecular flexibility index (Phi) is 9.92. The van der Waals surface area contributed by atoms with Gasteiger partial charge in [-0.15, -0.1) is 0 Å². The second-order valence-electron chi connectivity index (χ2n) is 7.13. The van der Waals surface area contributed by atoms with Crippen LogP contribution in [0, 0.1) is 0 Å². The molecule has 29 heavy (non-hydrogen) atoms. The molecule has 2 aromatic rings. The summed E-state index contributed by atoms with van der Waals surface area (Å²) in [6.07, 6.45) is 6.48. The summed E-state index contributed by atoms with van der Waals surface area (Å²) in [5, 5.41) is -0.146. The molecule has 156 valence electrons. The molecule has 0 amide bonds. The Balaban J connectivity index is 1.78. The van der Waals surface area contributed by atoms with Gasteiger partial charge < -0.3 is 4.74 Å². The maximum absolute atomic E-state index is 11.8. The van der Waals surface area contributed by atoms with Crippen molar-refractivity contribution < 1.29 is 14.3 Å². The van der Waals surface area contributed by atoms with Crippen molar-refractivity contribution in [3.05, 3.63) is 59.4 Å². The van der Waals surface area contributed by atoms with Crippen LogP contribution < -0.4 is 4.74 Å². The number of rotatable bonds is 12. The Morgan fingerprint density at radius 3 is 2.34 bits per heavy atom. The smallest absolute Gasteiger partial charge is 0.189 e. The Morgan fingerprint density at radius 1 is 1.03 bits per heavy atom. The van der Waals surface area contributed by atoms with Gasteiger partial charge in [-0.25, -0.2) is 0 Å². The van der Waals surface area contributed by atoms with E-state index >= 15 is 0 Å². The molecule has 1 atom stereocenters. The highest BCUT2D eigenvalue weighted by Gasteiger charge is 2.18. The number of pyridine rings is 1. The summed E-state index contributed by atoms with van der Waals surface area (Å²) in [4.78, 5) is 28.1. The number of Topliss-reactive ketones (excluding diaryl/α,β-unsaturated/α-hetero) is 1. The minimum absolute atomic E-state index is 0.0694. The van der Waals surface area contributed by atoms with E-state index in [9.17, 15) is 9.59 Å². The van der Waals surface area contributed by atoms with Crippen molar-refractivity contribution in [2.24, 2.45) is 0 Å². The molecular weight excluding hydrogens is 382 g/mol. The molecule has 0 aliphatic rings. The Bertz CT molecular complexity index is 772. The normalized spacial score (nSPS) is 11.8. The number of ether oxygens (including phenoxy) is 1. The zero-order valence-corrected chi connectivity index (χ0v) is 18.5. The van der Waals surface area contributed by atoms with Crippen molar-refractivity contribution in [2.75, 3.05) is 6.61 Å². The SMILES string of the molecule is CCCC(=O)SC(CCc1ccc(OCCc2ccc(CC)cn2)cc1)C(C)=O. The van der Waals surface area contributed by atoms with E-state index in [1.54, 1.807) is 6.92 Å². The number of ketones is 1. The van der Waals surface area contributed by atoms with E-state index in [4.69, 9.17) is 4.74 Å². The van der Waals surface area contributed by atoms with Crippen molar-refractivity contribution in [3.8, 4) is 5.75 Å². The predicted molar refractivity (Wildman–Crippen MR) is 120 cm³/mol. The molecule has 1 heterocycles. The highest BCUT2D eigenvalue weighted by Crippen LogP contribution is 2.22. The van der Waals surface area contributed by atoms with Gasteiger partial charge in [0.25, 0.3) is 0 Å². The number of nitrogens with zero attached hydrogens (tertiary/aromatic N) is 1. The lowest BCUT2D eigenvalue weighted by Gasteiger charge is -2.12. The molecular formula is C24H31NO3S. The van der Waals surface area contributed by atoms with Gasteiger partial charge in [0.2, 0.25) is 0 Å². The highest BCUT2D eigenvalue weighted by molar-refractivity contribution is 8.14. The first-order valence-electron chi connectivity index (χ1n) is 10.4. The average Bonchev–Trinajstić information content (AvgIpc) is 2.72. The molecule has 0 saturated carbocycles. The van der Waals surface area contributed by atoms with Gasteiger partial charge in [0.05, 0.1) is 11.9 Å². The van der Waals surface area contributed by atoms with Crippen LogP contribution in [0.2, 0.25) is 0 Å². The van der Waals surface area contributed by atoms with Gasteiger partial charge in [0.15, 0.2) is 5.12 Å². The Labute approximate surface area is 178 Å². The summed E-state index contributed by atoms with van der Waals surface area (Å²) in [6.45, 7) is 6.25. The van der Waals surface area contributed by atoms with E-state index in [1.165, 1.54) is 17.3 Å². The fraction of sp³-hybridized carbons (Fsp3) is 0.458. The van der Waals surface area contributed by atoms with Crippen molar-refractivity contribution in [1.29, 1.82) is 0 Å². The number of hydrogen-bond donors (Lipinski definition) is 0. The van der Waals surface area contributed by atoms with Crippen LogP contribution >= 0.6 is 11.8 Å². The number of benzene rings is 1. The fourth-order valence-corrected chi connectivity index (χ4v) is 3.94. The van der Waals surface area contributed by atoms with Crippen molar-refractivity contribution in [3.63, 3.8) is 0 Å². The number of aromatic nitrogens is 1. The van der Waals surface area contributed by atoms with Gasteiger partial charge >= 0.3 is 0 Å². The zero-order valence-electron chi connectivity index (χ0n) is 17.6. The van der Waals surface area contributed by atoms with Crippen LogP contribution in [0.25, 0.3) is 0 Å². The van der Waals surface area contributed by atoms with Gasteiger partial charge in [-0.2, -0.15) is 0 Å². The lowest BCUT2D eigenvalue weighted by Crippen LogP contribution is -2.17. The van der Waals surface area contributed by atoms with E-state index in [0.29, 0.717) is 19.4 Å². The molecule has 0 aliphatic heterocycles. The fourth-order valence-electron chi connectivity index (χ4n) is 2.90. The van der Waals surface area contributed by atoms with Crippen molar-refractivity contribution in [1.82, 2.24) is 4.98 Å². The molecule has 0 saturated heterocycles. The third kappa shape index (κ3) is 8.40. The lowest BCUT2D eigenvalue weighted by molar-refractivity contribution is -0.117. The standard InChI is InChI=1S/C24H31NO3S/c1-4-6-24(27)29-23(18(3)26)14-10-20-8-12-22(13-9-20)28-16-15-21-11-7-19(5-2)17-25-21/h7-9,11-13,17,23H,4-6,10,14-16H2,1-3H3. The first kappa shape index (κ1) is 23.1. The number of hydrogen-bond acceptors (Lipinski definition) is 5. The van der Waals surface area contributed by atoms with Crippen LogP contribution in [0.15, 0.2) is 42.6 Å². The van der Waals surface area contributed by atoms with Gasteiger partial charge in [-0.1, -0.05) is 43.8 Å². The minimum atomic E-state index is -0.253. The molecule has 0 aliphatic carbocycles. The quantitative estimate of drug-likeness (QED) is 0.478. The molecule has 5 heteroatoms. The number of carbonyl (C=O) groups is 2. The van der Waals surface area contributed by atoms with Crippen LogP contribution in [0.3, 0.4) is 0 Å². The molecule has 2 rings (SSSR count). The Hall–Kier alpha value is -2.14. The summed E-state index contributed by atoms with van der Waals surface area (Å²) < 4.78 is 5.82. The summed E-state index contributed by atoms with van der Waals surface area (Å²) in [7, 11) is 0. The van der Waals surface area contributed by atoms with E-state index in [-0.39, 0.29) is 16.1 Å². The van der Waals surface area contributed by atoms with E-state index in [0.717, 1.165) is 42.7 Å². The number of carbonyl (C=O) groups excluding carboxylic acids is 2. The van der Waals surface area contributed by atoms with Crippen molar-refractivity contribution in [2.45, 2.75) is 64.5 Å². The van der Waals surface area contributed by atoms with Crippen molar-refractivity contribution >= 4 is 22.7 Å². The molecule has 1 aromatic heterocycles. The summed E-state index contributed by atoms with van der Waals surface area (Å²) in [5.74, 6) is 0.898. The first-order chi connectivity index (χ1) is 14.0. The topological polar surface area (TPSA) is 56.3 Å². The summed E-state index contributed by atoms with van der Waals surface area (Å²) in [6, 6.07) is 12.1. The van der Waals surface area contributed by atoms with Crippen LogP contribution in [0.1, 0.15) is 56.9 Å². The van der Waals surface area contributed by atoms with Gasteiger partial charge in [-0.3, -0.25) is 14.6 Å². The van der Waals surface area contributed by atoms with Gasteiger partial charge in [-0.05, 0) is 61.9 Å². The molecule has 1 aromatic carbocycles. The second-order valence-corrected chi connectivity index (χ2v) is 8.39. The number of aryl methyl sites for hydroxylation is 2. The monoisotopic (exact) mass is 413 g/mol. The molecule has 4 nitrogen and oxygen atoms in total. The highest BCUT2D eigenvalue weighted by atomic mass is 32.2. The van der Waals surface area contributed by atoms with Crippen LogP contribution in [0.5, 0.6) is 5.75 Å². The molecule has 0 bridgehead atoms. The predicted octanol–water partition coefficient (Wildman–Crippen LogP) is 5.22. The largest absolute Gasteiger partial charge is 0.493 e. The van der Waals surface area contributed by atoms with Crippen LogP contribution in [0.4, 0.5) is 0 Å². The molecule has 0 spiro atoms. The molecule has 0 N–H and O–H groups in total. The molecule has 0 fully saturated rings. The third-order valence-corrected chi connectivity index (χ3v) is 6.04. The zero-order chi connectivity index (χ0) is 21.1.